The van der Waals surface area contributed by atoms with E-state index in [0.29, 0.717) is 0 Å². The molecule has 0 spiro atoms. The molecule has 0 aliphatic heterocycles. The summed E-state index contributed by atoms with van der Waals surface area (Å²) < 4.78 is 0. The van der Waals surface area contributed by atoms with Gasteiger partial charge in [0.2, 0.25) is 0 Å². The van der Waals surface area contributed by atoms with Crippen LogP contribution in [0.5, 0.6) is 0 Å². The van der Waals surface area contributed by atoms with E-state index in [0.717, 1.165) is 30.6 Å². The second-order valence-corrected chi connectivity index (χ2v) is 8.58. The van der Waals surface area contributed by atoms with Gasteiger partial charge in [0.15, 0.2) is 0 Å². The Labute approximate surface area is 120 Å². The van der Waals surface area contributed by atoms with Gasteiger partial charge in [0.05, 0.1) is 5.92 Å². The molecule has 0 saturated heterocycles. The Kier molecular flexibility index (Phi) is 5.93. The van der Waals surface area contributed by atoms with Crippen LogP contribution in [0, 0.1) is 23.7 Å². The molecule has 2 fully saturated rings. The van der Waals surface area contributed by atoms with Crippen molar-refractivity contribution in [1.29, 1.82) is 0 Å². The number of aliphatic carboxylic acids is 1. The highest BCUT2D eigenvalue weighted by Gasteiger charge is 2.32. The fourth-order valence-electron chi connectivity index (χ4n) is 4.28. The zero-order chi connectivity index (χ0) is 13.7. The second kappa shape index (κ2) is 7.46. The predicted molar refractivity (Wildman–Crippen MR) is 82.4 cm³/mol. The maximum atomic E-state index is 11.0. The third kappa shape index (κ3) is 4.33. The Morgan fingerprint density at radius 3 is 2.00 bits per heavy atom. The molecule has 3 heteroatoms. The van der Waals surface area contributed by atoms with Crippen LogP contribution < -0.4 is 0 Å². The molecular formula is C16H30O2Si. The van der Waals surface area contributed by atoms with E-state index in [1.807, 2.05) is 0 Å². The molecule has 2 saturated carbocycles. The first kappa shape index (κ1) is 15.1. The topological polar surface area (TPSA) is 37.3 Å². The molecule has 1 N–H and O–H groups in total. The van der Waals surface area contributed by atoms with Crippen molar-refractivity contribution in [2.24, 2.45) is 23.7 Å². The van der Waals surface area contributed by atoms with Crippen molar-refractivity contribution < 1.29 is 9.90 Å². The lowest BCUT2D eigenvalue weighted by Crippen LogP contribution is -2.28. The van der Waals surface area contributed by atoms with Crippen LogP contribution in [-0.2, 0) is 4.79 Å². The van der Waals surface area contributed by atoms with E-state index >= 15 is 0 Å². The summed E-state index contributed by atoms with van der Waals surface area (Å²) >= 11 is 0. The van der Waals surface area contributed by atoms with Crippen LogP contribution in [0.25, 0.3) is 0 Å². The number of hydrogen-bond acceptors (Lipinski definition) is 1. The quantitative estimate of drug-likeness (QED) is 0.781. The van der Waals surface area contributed by atoms with Crippen LogP contribution in [-0.4, -0.2) is 20.6 Å². The number of hydrogen-bond donors (Lipinski definition) is 1. The van der Waals surface area contributed by atoms with Crippen LogP contribution >= 0.6 is 0 Å². The van der Waals surface area contributed by atoms with Crippen LogP contribution in [0.4, 0.5) is 0 Å². The van der Waals surface area contributed by atoms with Crippen LogP contribution in [0.1, 0.15) is 57.8 Å². The summed E-state index contributed by atoms with van der Waals surface area (Å²) in [6, 6.07) is 1.54. The Bertz CT molecular complexity index is 276. The molecule has 2 rings (SSSR count). The Hall–Kier alpha value is -0.313. The molecule has 0 amide bonds. The Morgan fingerprint density at radius 2 is 1.53 bits per heavy atom. The minimum absolute atomic E-state index is 0.0397. The maximum Gasteiger partial charge on any atom is 0.306 e. The zero-order valence-electron chi connectivity index (χ0n) is 12.4. The van der Waals surface area contributed by atoms with Crippen LogP contribution in [0.2, 0.25) is 12.6 Å². The third-order valence-electron chi connectivity index (χ3n) is 5.65. The molecule has 0 atom stereocenters. The van der Waals surface area contributed by atoms with Crippen molar-refractivity contribution >= 4 is 15.5 Å². The first-order valence-electron chi connectivity index (χ1n) is 8.43. The van der Waals surface area contributed by atoms with Gasteiger partial charge in [0, 0.05) is 9.52 Å². The highest BCUT2D eigenvalue weighted by Crippen LogP contribution is 2.42. The van der Waals surface area contributed by atoms with Gasteiger partial charge in [0.25, 0.3) is 0 Å². The van der Waals surface area contributed by atoms with Crippen molar-refractivity contribution in [2.45, 2.75) is 70.4 Å². The van der Waals surface area contributed by atoms with E-state index in [4.69, 9.17) is 5.11 Å². The summed E-state index contributed by atoms with van der Waals surface area (Å²) in [7, 11) is 0.268. The van der Waals surface area contributed by atoms with Gasteiger partial charge in [-0.2, -0.15) is 0 Å². The normalized spacial score (nSPS) is 36.7. The molecule has 0 bridgehead atoms. The van der Waals surface area contributed by atoms with Crippen molar-refractivity contribution in [3.63, 3.8) is 0 Å². The fourth-order valence-corrected chi connectivity index (χ4v) is 5.26. The molecule has 0 aromatic carbocycles. The van der Waals surface area contributed by atoms with Crippen LogP contribution in [0.3, 0.4) is 0 Å². The number of carbonyl (C=O) groups is 1. The van der Waals surface area contributed by atoms with Crippen molar-refractivity contribution in [3.05, 3.63) is 0 Å². The number of rotatable bonds is 5. The monoisotopic (exact) mass is 282 g/mol. The van der Waals surface area contributed by atoms with E-state index in [1.165, 1.54) is 44.9 Å². The standard InChI is InChI=1S/C16H30O2Si/c1-19-11-10-12-2-4-13(5-3-12)14-6-8-15(9-7-14)16(17)18/h12-15H,2-11,19H2,1H3,(H,17,18). The van der Waals surface area contributed by atoms with Gasteiger partial charge in [-0.05, 0) is 56.3 Å². The van der Waals surface area contributed by atoms with E-state index in [1.54, 1.807) is 6.04 Å². The van der Waals surface area contributed by atoms with Gasteiger partial charge in [-0.25, -0.2) is 0 Å². The summed E-state index contributed by atoms with van der Waals surface area (Å²) in [6.07, 6.45) is 11.5. The van der Waals surface area contributed by atoms with E-state index < -0.39 is 5.97 Å². The van der Waals surface area contributed by atoms with Gasteiger partial charge < -0.3 is 5.11 Å². The lowest BCUT2D eigenvalue weighted by Gasteiger charge is -2.37. The molecule has 0 heterocycles. The summed E-state index contributed by atoms with van der Waals surface area (Å²) in [5.74, 6) is 2.19. The number of carboxylic acids is 1. The Morgan fingerprint density at radius 1 is 1.00 bits per heavy atom. The lowest BCUT2D eigenvalue weighted by atomic mass is 9.69. The molecule has 0 unspecified atom stereocenters. The average Bonchev–Trinajstić information content (AvgIpc) is 2.46. The molecule has 2 nitrogen and oxygen atoms in total. The largest absolute Gasteiger partial charge is 0.481 e. The first-order valence-corrected chi connectivity index (χ1v) is 10.8. The molecule has 0 aromatic rings. The van der Waals surface area contributed by atoms with Crippen molar-refractivity contribution in [2.75, 3.05) is 0 Å². The third-order valence-corrected chi connectivity index (χ3v) is 6.76. The Balaban J connectivity index is 1.69. The number of carboxylic acid groups (broad SMARTS) is 1. The molecule has 110 valence electrons. The molecule has 0 radical (unpaired) electrons. The smallest absolute Gasteiger partial charge is 0.306 e. The first-order chi connectivity index (χ1) is 9.20. The van der Waals surface area contributed by atoms with E-state index in [-0.39, 0.29) is 15.4 Å². The summed E-state index contributed by atoms with van der Waals surface area (Å²) in [5, 5.41) is 9.06. The molecule has 2 aliphatic carbocycles. The fraction of sp³-hybridized carbons (Fsp3) is 0.938. The minimum Gasteiger partial charge on any atom is -0.481 e. The molecule has 2 aliphatic rings. The highest BCUT2D eigenvalue weighted by atomic mass is 28.2. The maximum absolute atomic E-state index is 11.0. The van der Waals surface area contributed by atoms with Gasteiger partial charge >= 0.3 is 5.97 Å². The van der Waals surface area contributed by atoms with E-state index in [2.05, 4.69) is 6.55 Å². The minimum atomic E-state index is -0.564. The van der Waals surface area contributed by atoms with Gasteiger partial charge in [-0.3, -0.25) is 4.79 Å². The molecular weight excluding hydrogens is 252 g/mol. The lowest BCUT2D eigenvalue weighted by molar-refractivity contribution is -0.143. The van der Waals surface area contributed by atoms with Gasteiger partial charge in [0.1, 0.15) is 0 Å². The van der Waals surface area contributed by atoms with E-state index in [9.17, 15) is 4.79 Å². The molecule has 19 heavy (non-hydrogen) atoms. The highest BCUT2D eigenvalue weighted by molar-refractivity contribution is 6.33. The van der Waals surface area contributed by atoms with Crippen LogP contribution in [0.15, 0.2) is 0 Å². The zero-order valence-corrected chi connectivity index (χ0v) is 13.9. The summed E-state index contributed by atoms with van der Waals surface area (Å²) in [6.45, 7) is 2.42. The van der Waals surface area contributed by atoms with Gasteiger partial charge in [-0.15, -0.1) is 0 Å². The summed E-state index contributed by atoms with van der Waals surface area (Å²) in [4.78, 5) is 11.0. The second-order valence-electron chi connectivity index (χ2n) is 6.87. The molecule has 0 aromatic heterocycles. The predicted octanol–water partition coefficient (Wildman–Crippen LogP) is 3.71. The van der Waals surface area contributed by atoms with Crippen molar-refractivity contribution in [1.82, 2.24) is 0 Å². The summed E-state index contributed by atoms with van der Waals surface area (Å²) in [5.41, 5.74) is 0. The van der Waals surface area contributed by atoms with Crippen molar-refractivity contribution in [3.8, 4) is 0 Å². The average molecular weight is 282 g/mol. The van der Waals surface area contributed by atoms with Gasteiger partial charge in [-0.1, -0.05) is 31.9 Å². The SMILES string of the molecule is C[SiH2]CCC1CCC(C2CCC(C(=O)O)CC2)CC1.